The maximum atomic E-state index is 9.17. The van der Waals surface area contributed by atoms with Gasteiger partial charge in [-0.15, -0.1) is 0 Å². The van der Waals surface area contributed by atoms with E-state index in [-0.39, 0.29) is 0 Å². The molecule has 0 spiro atoms. The first kappa shape index (κ1) is 11.9. The molecule has 0 amide bonds. The molecule has 0 radical (unpaired) electrons. The van der Waals surface area contributed by atoms with E-state index in [4.69, 9.17) is 0 Å². The number of aryl methyl sites for hydroxylation is 2. The molecule has 1 atom stereocenters. The van der Waals surface area contributed by atoms with Crippen molar-refractivity contribution in [1.82, 2.24) is 10.3 Å². The fourth-order valence-electron chi connectivity index (χ4n) is 2.25. The van der Waals surface area contributed by atoms with Crippen molar-refractivity contribution < 1.29 is 0 Å². The number of nitrogens with zero attached hydrogens (tertiary/aromatic N) is 2. The minimum atomic E-state index is 0.379. The third-order valence-electron chi connectivity index (χ3n) is 3.09. The van der Waals surface area contributed by atoms with E-state index in [9.17, 15) is 5.26 Å². The Morgan fingerprint density at radius 1 is 1.53 bits per heavy atom. The van der Waals surface area contributed by atoms with Crippen molar-refractivity contribution >= 4 is 5.82 Å². The van der Waals surface area contributed by atoms with Gasteiger partial charge in [-0.1, -0.05) is 0 Å². The normalized spacial score (nSPS) is 19.7. The van der Waals surface area contributed by atoms with Gasteiger partial charge in [0.25, 0.3) is 0 Å². The molecule has 2 N–H and O–H groups in total. The molecule has 1 unspecified atom stereocenters. The van der Waals surface area contributed by atoms with Crippen LogP contribution in [-0.2, 0) is 0 Å². The molecule has 0 bridgehead atoms. The minimum Gasteiger partial charge on any atom is -0.365 e. The van der Waals surface area contributed by atoms with Crippen LogP contribution in [0.1, 0.15) is 29.7 Å². The zero-order chi connectivity index (χ0) is 12.3. The van der Waals surface area contributed by atoms with Gasteiger partial charge in [-0.05, 0) is 44.9 Å². The van der Waals surface area contributed by atoms with Crippen molar-refractivity contribution in [2.24, 2.45) is 0 Å². The third kappa shape index (κ3) is 2.75. The smallest absolute Gasteiger partial charge is 0.144 e. The molecular weight excluding hydrogens is 212 g/mol. The van der Waals surface area contributed by atoms with Crippen LogP contribution in [0.5, 0.6) is 0 Å². The largest absolute Gasteiger partial charge is 0.365 e. The first-order valence-corrected chi connectivity index (χ1v) is 6.06. The number of hydrogen-bond acceptors (Lipinski definition) is 4. The van der Waals surface area contributed by atoms with Crippen molar-refractivity contribution in [2.75, 3.05) is 18.4 Å². The highest BCUT2D eigenvalue weighted by Crippen LogP contribution is 2.19. The molecule has 1 aromatic rings. The molecule has 0 aromatic carbocycles. The maximum absolute atomic E-state index is 9.17. The summed E-state index contributed by atoms with van der Waals surface area (Å²) in [6.45, 7) is 5.94. The highest BCUT2D eigenvalue weighted by molar-refractivity contribution is 5.56. The first-order valence-electron chi connectivity index (χ1n) is 6.06. The number of hydrogen-bond donors (Lipinski definition) is 2. The van der Waals surface area contributed by atoms with Crippen LogP contribution in [0.4, 0.5) is 5.82 Å². The van der Waals surface area contributed by atoms with E-state index in [1.807, 2.05) is 19.9 Å². The molecule has 17 heavy (non-hydrogen) atoms. The van der Waals surface area contributed by atoms with Gasteiger partial charge in [-0.3, -0.25) is 0 Å². The number of anilines is 1. The van der Waals surface area contributed by atoms with Crippen LogP contribution in [-0.4, -0.2) is 24.1 Å². The predicted molar refractivity (Wildman–Crippen MR) is 67.9 cm³/mol. The molecule has 1 aromatic heterocycles. The summed E-state index contributed by atoms with van der Waals surface area (Å²) in [4.78, 5) is 4.44. The van der Waals surface area contributed by atoms with E-state index in [2.05, 4.69) is 21.7 Å². The number of rotatable bonds is 2. The Morgan fingerprint density at radius 3 is 3.00 bits per heavy atom. The summed E-state index contributed by atoms with van der Waals surface area (Å²) >= 11 is 0. The predicted octanol–water partition coefficient (Wildman–Crippen LogP) is 1.73. The van der Waals surface area contributed by atoms with Gasteiger partial charge in [0.15, 0.2) is 0 Å². The van der Waals surface area contributed by atoms with Gasteiger partial charge in [-0.2, -0.15) is 5.26 Å². The molecule has 1 fully saturated rings. The van der Waals surface area contributed by atoms with E-state index in [0.29, 0.717) is 11.6 Å². The maximum Gasteiger partial charge on any atom is 0.144 e. The summed E-state index contributed by atoms with van der Waals surface area (Å²) < 4.78 is 0. The summed E-state index contributed by atoms with van der Waals surface area (Å²) in [5.74, 6) is 0.735. The quantitative estimate of drug-likeness (QED) is 0.812. The van der Waals surface area contributed by atoms with Crippen molar-refractivity contribution in [3.05, 3.63) is 22.9 Å². The zero-order valence-electron chi connectivity index (χ0n) is 10.4. The molecule has 0 saturated carbocycles. The Kier molecular flexibility index (Phi) is 3.60. The van der Waals surface area contributed by atoms with Gasteiger partial charge < -0.3 is 10.6 Å². The fourth-order valence-corrected chi connectivity index (χ4v) is 2.25. The SMILES string of the molecule is Cc1cc(C)c(C#N)c(NC2CCCNC2)n1. The Labute approximate surface area is 102 Å². The minimum absolute atomic E-state index is 0.379. The molecule has 2 heterocycles. The van der Waals surface area contributed by atoms with E-state index in [1.54, 1.807) is 0 Å². The van der Waals surface area contributed by atoms with Crippen molar-refractivity contribution in [1.29, 1.82) is 5.26 Å². The first-order chi connectivity index (χ1) is 8.20. The van der Waals surface area contributed by atoms with Gasteiger partial charge in [0.2, 0.25) is 0 Å². The van der Waals surface area contributed by atoms with Crippen LogP contribution in [0.2, 0.25) is 0 Å². The van der Waals surface area contributed by atoms with Gasteiger partial charge in [0.05, 0.1) is 5.56 Å². The van der Waals surface area contributed by atoms with E-state index in [1.165, 1.54) is 6.42 Å². The summed E-state index contributed by atoms with van der Waals surface area (Å²) in [7, 11) is 0. The second kappa shape index (κ2) is 5.15. The Balaban J connectivity index is 2.22. The van der Waals surface area contributed by atoms with Gasteiger partial charge in [0.1, 0.15) is 11.9 Å². The Bertz CT molecular complexity index is 441. The van der Waals surface area contributed by atoms with Crippen LogP contribution < -0.4 is 10.6 Å². The van der Waals surface area contributed by atoms with Crippen molar-refractivity contribution in [2.45, 2.75) is 32.7 Å². The fraction of sp³-hybridized carbons (Fsp3) is 0.538. The number of nitriles is 1. The Morgan fingerprint density at radius 2 is 2.35 bits per heavy atom. The van der Waals surface area contributed by atoms with Crippen LogP contribution in [0.25, 0.3) is 0 Å². The highest BCUT2D eigenvalue weighted by Gasteiger charge is 2.16. The summed E-state index contributed by atoms with van der Waals surface area (Å²) in [6.07, 6.45) is 2.30. The van der Waals surface area contributed by atoms with Gasteiger partial charge in [0, 0.05) is 18.3 Å². The Hall–Kier alpha value is -1.60. The lowest BCUT2D eigenvalue weighted by Gasteiger charge is -2.25. The number of piperidine rings is 1. The number of aromatic nitrogens is 1. The van der Waals surface area contributed by atoms with Crippen molar-refractivity contribution in [3.63, 3.8) is 0 Å². The summed E-state index contributed by atoms with van der Waals surface area (Å²) in [6, 6.07) is 4.56. The monoisotopic (exact) mass is 230 g/mol. The lowest BCUT2D eigenvalue weighted by atomic mass is 10.1. The topological polar surface area (TPSA) is 60.7 Å². The van der Waals surface area contributed by atoms with E-state index >= 15 is 0 Å². The standard InChI is InChI=1S/C13H18N4/c1-9-6-10(2)16-13(12(9)7-14)17-11-4-3-5-15-8-11/h6,11,15H,3-5,8H2,1-2H3,(H,16,17). The molecular formula is C13H18N4. The van der Waals surface area contributed by atoms with Crippen LogP contribution in [0, 0.1) is 25.2 Å². The molecule has 1 aliphatic rings. The van der Waals surface area contributed by atoms with Crippen LogP contribution >= 0.6 is 0 Å². The summed E-state index contributed by atoms with van der Waals surface area (Å²) in [5.41, 5.74) is 2.61. The molecule has 4 heteroatoms. The average Bonchev–Trinajstić information content (AvgIpc) is 2.30. The molecule has 1 aliphatic heterocycles. The van der Waals surface area contributed by atoms with Gasteiger partial charge >= 0.3 is 0 Å². The van der Waals surface area contributed by atoms with E-state index < -0.39 is 0 Å². The summed E-state index contributed by atoms with van der Waals surface area (Å²) in [5, 5.41) is 15.9. The third-order valence-corrected chi connectivity index (χ3v) is 3.09. The highest BCUT2D eigenvalue weighted by atomic mass is 15.1. The zero-order valence-corrected chi connectivity index (χ0v) is 10.4. The van der Waals surface area contributed by atoms with Gasteiger partial charge in [-0.25, -0.2) is 4.98 Å². The van der Waals surface area contributed by atoms with Crippen molar-refractivity contribution in [3.8, 4) is 6.07 Å². The number of pyridine rings is 1. The second-order valence-corrected chi connectivity index (χ2v) is 4.60. The molecule has 90 valence electrons. The molecule has 2 rings (SSSR count). The van der Waals surface area contributed by atoms with Crippen LogP contribution in [0.3, 0.4) is 0 Å². The van der Waals surface area contributed by atoms with E-state index in [0.717, 1.165) is 36.6 Å². The number of nitrogens with one attached hydrogen (secondary N) is 2. The molecule has 4 nitrogen and oxygen atoms in total. The van der Waals surface area contributed by atoms with Crippen LogP contribution in [0.15, 0.2) is 6.07 Å². The second-order valence-electron chi connectivity index (χ2n) is 4.60. The molecule has 1 saturated heterocycles. The average molecular weight is 230 g/mol. The lowest BCUT2D eigenvalue weighted by Crippen LogP contribution is -2.38. The molecule has 0 aliphatic carbocycles. The lowest BCUT2D eigenvalue weighted by molar-refractivity contribution is 0.479.